The number of pyridine rings is 1. The van der Waals surface area contributed by atoms with Crippen molar-refractivity contribution in [3.63, 3.8) is 0 Å². The monoisotopic (exact) mass is 308 g/mol. The van der Waals surface area contributed by atoms with E-state index in [0.717, 1.165) is 26.2 Å². The lowest BCUT2D eigenvalue weighted by molar-refractivity contribution is 0.114. The van der Waals surface area contributed by atoms with Gasteiger partial charge in [0.25, 0.3) is 5.56 Å². The quantitative estimate of drug-likeness (QED) is 0.852. The normalized spacial score (nSPS) is 23.6. The Morgan fingerprint density at radius 2 is 1.96 bits per heavy atom. The molecular formula is C20H24N2O. The van der Waals surface area contributed by atoms with Crippen LogP contribution in [0, 0.1) is 19.8 Å². The van der Waals surface area contributed by atoms with Gasteiger partial charge in [0.05, 0.1) is 0 Å². The Morgan fingerprint density at radius 1 is 1.09 bits per heavy atom. The van der Waals surface area contributed by atoms with Crippen LogP contribution >= 0.6 is 0 Å². The van der Waals surface area contributed by atoms with Crippen molar-refractivity contribution in [3.05, 3.63) is 69.1 Å². The first-order chi connectivity index (χ1) is 11.1. The number of aryl methyl sites for hydroxylation is 2. The van der Waals surface area contributed by atoms with Gasteiger partial charge in [-0.15, -0.1) is 0 Å². The highest BCUT2D eigenvalue weighted by Crippen LogP contribution is 2.35. The smallest absolute Gasteiger partial charge is 0.250 e. The predicted octanol–water partition coefficient (Wildman–Crippen LogP) is 3.08. The summed E-state index contributed by atoms with van der Waals surface area (Å²) in [5, 5.41) is 0. The summed E-state index contributed by atoms with van der Waals surface area (Å²) in [4.78, 5) is 14.7. The standard InChI is InChI=1S/C20H24N2O/c1-14-6-7-15(2)17(8-14)12-21-10-16-9-18(13-21)19-4-3-5-20(23)22(19)11-16/h3-8,16,18H,9-13H2,1-2H3/t16-,18-/m1/s1. The number of benzene rings is 1. The molecule has 23 heavy (non-hydrogen) atoms. The second kappa shape index (κ2) is 5.64. The number of rotatable bonds is 2. The van der Waals surface area contributed by atoms with E-state index in [1.54, 1.807) is 6.07 Å². The zero-order valence-corrected chi connectivity index (χ0v) is 14.0. The number of aromatic nitrogens is 1. The first kappa shape index (κ1) is 14.7. The number of hydrogen-bond acceptors (Lipinski definition) is 2. The van der Waals surface area contributed by atoms with Gasteiger partial charge in [-0.05, 0) is 43.4 Å². The van der Waals surface area contributed by atoms with Crippen LogP contribution in [0.1, 0.15) is 34.7 Å². The molecule has 1 aromatic carbocycles. The van der Waals surface area contributed by atoms with Crippen molar-refractivity contribution in [3.8, 4) is 0 Å². The molecule has 0 amide bonds. The molecule has 4 rings (SSSR count). The summed E-state index contributed by atoms with van der Waals surface area (Å²) in [6.45, 7) is 8.44. The second-order valence-electron chi connectivity index (χ2n) is 7.32. The maximum Gasteiger partial charge on any atom is 0.250 e. The van der Waals surface area contributed by atoms with Gasteiger partial charge in [-0.2, -0.15) is 0 Å². The lowest BCUT2D eigenvalue weighted by Gasteiger charge is -2.43. The van der Waals surface area contributed by atoms with E-state index in [9.17, 15) is 4.79 Å². The molecule has 2 aliphatic rings. The Hall–Kier alpha value is -1.87. The summed E-state index contributed by atoms with van der Waals surface area (Å²) < 4.78 is 2.01. The Balaban J connectivity index is 1.59. The SMILES string of the molecule is Cc1ccc(C)c(CN2C[C@H]3C[C@H](C2)c2cccc(=O)n2C3)c1. The van der Waals surface area contributed by atoms with Gasteiger partial charge in [0, 0.05) is 43.9 Å². The summed E-state index contributed by atoms with van der Waals surface area (Å²) in [6.07, 6.45) is 1.23. The molecule has 0 radical (unpaired) electrons. The highest BCUT2D eigenvalue weighted by atomic mass is 16.1. The minimum atomic E-state index is 0.167. The molecule has 0 aliphatic carbocycles. The van der Waals surface area contributed by atoms with Crippen molar-refractivity contribution in [2.75, 3.05) is 13.1 Å². The largest absolute Gasteiger partial charge is 0.312 e. The van der Waals surface area contributed by atoms with Crippen LogP contribution < -0.4 is 5.56 Å². The van der Waals surface area contributed by atoms with Crippen LogP contribution in [-0.2, 0) is 13.1 Å². The Labute approximate surface area is 137 Å². The minimum absolute atomic E-state index is 0.167. The maximum absolute atomic E-state index is 12.1. The molecule has 2 aromatic rings. The van der Waals surface area contributed by atoms with Crippen molar-refractivity contribution in [1.82, 2.24) is 9.47 Å². The highest BCUT2D eigenvalue weighted by Gasteiger charge is 2.34. The van der Waals surface area contributed by atoms with Gasteiger partial charge in [0.15, 0.2) is 0 Å². The first-order valence-corrected chi connectivity index (χ1v) is 8.58. The molecule has 0 spiro atoms. The van der Waals surface area contributed by atoms with Crippen molar-refractivity contribution in [2.45, 2.75) is 39.3 Å². The summed E-state index contributed by atoms with van der Waals surface area (Å²) in [5.41, 5.74) is 5.55. The molecule has 2 bridgehead atoms. The third-order valence-corrected chi connectivity index (χ3v) is 5.45. The van der Waals surface area contributed by atoms with Gasteiger partial charge in [0.1, 0.15) is 0 Å². The molecule has 0 N–H and O–H groups in total. The Bertz CT molecular complexity index is 792. The molecular weight excluding hydrogens is 284 g/mol. The van der Waals surface area contributed by atoms with Gasteiger partial charge in [-0.3, -0.25) is 9.69 Å². The average Bonchev–Trinajstić information content (AvgIpc) is 2.52. The highest BCUT2D eigenvalue weighted by molar-refractivity contribution is 5.30. The van der Waals surface area contributed by atoms with Gasteiger partial charge < -0.3 is 4.57 Å². The number of piperidine rings is 1. The molecule has 3 nitrogen and oxygen atoms in total. The summed E-state index contributed by atoms with van der Waals surface area (Å²) >= 11 is 0. The van der Waals surface area contributed by atoms with Crippen LogP contribution in [0.2, 0.25) is 0 Å². The van der Waals surface area contributed by atoms with Crippen LogP contribution in [-0.4, -0.2) is 22.6 Å². The lowest BCUT2D eigenvalue weighted by Crippen LogP contribution is -2.46. The third kappa shape index (κ3) is 2.74. The average molecular weight is 308 g/mol. The van der Waals surface area contributed by atoms with Crippen LogP contribution in [0.3, 0.4) is 0 Å². The molecule has 1 aromatic heterocycles. The van der Waals surface area contributed by atoms with E-state index in [2.05, 4.69) is 43.0 Å². The van der Waals surface area contributed by atoms with Crippen molar-refractivity contribution >= 4 is 0 Å². The van der Waals surface area contributed by atoms with Gasteiger partial charge in [-0.1, -0.05) is 29.8 Å². The maximum atomic E-state index is 12.1. The van der Waals surface area contributed by atoms with E-state index in [1.165, 1.54) is 28.8 Å². The fourth-order valence-electron chi connectivity index (χ4n) is 4.34. The Kier molecular flexibility index (Phi) is 3.61. The molecule has 2 atom stereocenters. The van der Waals surface area contributed by atoms with Crippen LogP contribution in [0.15, 0.2) is 41.2 Å². The zero-order valence-electron chi connectivity index (χ0n) is 14.0. The molecule has 1 saturated heterocycles. The second-order valence-corrected chi connectivity index (χ2v) is 7.32. The van der Waals surface area contributed by atoms with E-state index < -0.39 is 0 Å². The predicted molar refractivity (Wildman–Crippen MR) is 92.7 cm³/mol. The van der Waals surface area contributed by atoms with E-state index in [1.807, 2.05) is 10.6 Å². The van der Waals surface area contributed by atoms with E-state index in [-0.39, 0.29) is 5.56 Å². The fraction of sp³-hybridized carbons (Fsp3) is 0.450. The first-order valence-electron chi connectivity index (χ1n) is 8.58. The Morgan fingerprint density at radius 3 is 2.83 bits per heavy atom. The molecule has 3 heterocycles. The molecule has 0 unspecified atom stereocenters. The molecule has 1 fully saturated rings. The number of likely N-dealkylation sites (tertiary alicyclic amines) is 1. The van der Waals surface area contributed by atoms with Gasteiger partial charge in [-0.25, -0.2) is 0 Å². The van der Waals surface area contributed by atoms with Crippen molar-refractivity contribution < 1.29 is 0 Å². The zero-order chi connectivity index (χ0) is 16.0. The van der Waals surface area contributed by atoms with Gasteiger partial charge in [0.2, 0.25) is 0 Å². The lowest BCUT2D eigenvalue weighted by atomic mass is 9.83. The van der Waals surface area contributed by atoms with E-state index in [4.69, 9.17) is 0 Å². The van der Waals surface area contributed by atoms with Crippen molar-refractivity contribution in [1.29, 1.82) is 0 Å². The van der Waals surface area contributed by atoms with E-state index in [0.29, 0.717) is 11.8 Å². The number of fused-ring (bicyclic) bond motifs is 4. The number of nitrogens with zero attached hydrogens (tertiary/aromatic N) is 2. The minimum Gasteiger partial charge on any atom is -0.312 e. The summed E-state index contributed by atoms with van der Waals surface area (Å²) in [5.74, 6) is 1.10. The topological polar surface area (TPSA) is 25.2 Å². The van der Waals surface area contributed by atoms with Crippen LogP contribution in [0.5, 0.6) is 0 Å². The van der Waals surface area contributed by atoms with Crippen LogP contribution in [0.4, 0.5) is 0 Å². The molecule has 0 saturated carbocycles. The molecule has 2 aliphatic heterocycles. The van der Waals surface area contributed by atoms with Crippen LogP contribution in [0.25, 0.3) is 0 Å². The third-order valence-electron chi connectivity index (χ3n) is 5.45. The number of hydrogen-bond donors (Lipinski definition) is 0. The summed E-state index contributed by atoms with van der Waals surface area (Å²) in [6, 6.07) is 12.5. The van der Waals surface area contributed by atoms with Crippen molar-refractivity contribution in [2.24, 2.45) is 5.92 Å². The van der Waals surface area contributed by atoms with E-state index >= 15 is 0 Å². The molecule has 3 heteroatoms. The van der Waals surface area contributed by atoms with Gasteiger partial charge >= 0.3 is 0 Å². The summed E-state index contributed by atoms with van der Waals surface area (Å²) in [7, 11) is 0. The molecule has 120 valence electrons. The fourth-order valence-corrected chi connectivity index (χ4v) is 4.34.